The minimum Gasteiger partial charge on any atom is -0.454 e. The average molecular weight is 616 g/mol. The van der Waals surface area contributed by atoms with Crippen molar-refractivity contribution in [3.8, 4) is 17.6 Å². The Bertz CT molecular complexity index is 1810. The highest BCUT2D eigenvalue weighted by Gasteiger charge is 2.38. The number of halogens is 1. The van der Waals surface area contributed by atoms with Crippen LogP contribution in [0.3, 0.4) is 0 Å². The molecule has 11 nitrogen and oxygen atoms in total. The zero-order chi connectivity index (χ0) is 29.7. The van der Waals surface area contributed by atoms with Crippen LogP contribution in [0, 0.1) is 11.3 Å². The van der Waals surface area contributed by atoms with Gasteiger partial charge in [0, 0.05) is 44.6 Å². The van der Waals surface area contributed by atoms with E-state index in [0.717, 1.165) is 50.5 Å². The fourth-order valence-corrected chi connectivity index (χ4v) is 6.79. The Morgan fingerprint density at radius 1 is 1.14 bits per heavy atom. The number of hydrogen-bond donors (Lipinski definition) is 2. The van der Waals surface area contributed by atoms with Gasteiger partial charge in [0.15, 0.2) is 11.5 Å². The molecule has 0 spiro atoms. The highest BCUT2D eigenvalue weighted by molar-refractivity contribution is 7.21. The lowest BCUT2D eigenvalue weighted by Gasteiger charge is -2.32. The second-order valence-electron chi connectivity index (χ2n) is 10.6. The number of rotatable bonds is 6. The maximum Gasteiger partial charge on any atom is 0.331 e. The Balaban J connectivity index is 1.17. The molecule has 0 aliphatic carbocycles. The summed E-state index contributed by atoms with van der Waals surface area (Å²) in [5.41, 5.74) is 2.79. The molecular weight excluding hydrogens is 590 g/mol. The van der Waals surface area contributed by atoms with Gasteiger partial charge in [-0.25, -0.2) is 9.78 Å². The van der Waals surface area contributed by atoms with Crippen LogP contribution in [0.15, 0.2) is 42.6 Å². The van der Waals surface area contributed by atoms with Gasteiger partial charge in [0.1, 0.15) is 21.5 Å². The van der Waals surface area contributed by atoms with Crippen LogP contribution < -0.4 is 25.0 Å². The van der Waals surface area contributed by atoms with Crippen molar-refractivity contribution in [2.75, 3.05) is 62.1 Å². The maximum atomic E-state index is 13.7. The van der Waals surface area contributed by atoms with E-state index < -0.39 is 11.9 Å². The van der Waals surface area contributed by atoms with Gasteiger partial charge in [0.25, 0.3) is 5.91 Å². The van der Waals surface area contributed by atoms with Gasteiger partial charge in [-0.1, -0.05) is 23.7 Å². The number of anilines is 4. The summed E-state index contributed by atoms with van der Waals surface area (Å²) >= 11 is 7.70. The van der Waals surface area contributed by atoms with E-state index in [-0.39, 0.29) is 33.6 Å². The standard InChI is InChI=1S/C30H26ClN7O4S/c1-36-10-12-37(13-11-36)9-8-17-2-4-19(5-3-17)34-28(39)27-23-22-24(18(14-32)15-33-29(22)43-27)38(30(40)35-23)25-20(31)6-7-21-26(25)42-16-41-21/h2-7,15H,8-13,16H2,1H3,(H,34,39)(H,35,40). The van der Waals surface area contributed by atoms with E-state index in [4.69, 9.17) is 21.1 Å². The number of piperazine rings is 1. The fraction of sp³-hybridized carbons (Fsp3) is 0.267. The first-order chi connectivity index (χ1) is 20.9. The molecule has 3 amide bonds. The largest absolute Gasteiger partial charge is 0.454 e. The van der Waals surface area contributed by atoms with Crippen molar-refractivity contribution in [2.24, 2.45) is 0 Å². The molecule has 2 aromatic carbocycles. The zero-order valence-corrected chi connectivity index (χ0v) is 24.7. The molecule has 3 aliphatic rings. The number of pyridine rings is 1. The average Bonchev–Trinajstić information content (AvgIpc) is 3.64. The van der Waals surface area contributed by atoms with Gasteiger partial charge >= 0.3 is 6.03 Å². The third-order valence-corrected chi connectivity index (χ3v) is 9.29. The first-order valence-electron chi connectivity index (χ1n) is 13.8. The van der Waals surface area contributed by atoms with E-state index in [1.165, 1.54) is 16.7 Å². The number of nitrogens with one attached hydrogen (secondary N) is 2. The molecule has 218 valence electrons. The van der Waals surface area contributed by atoms with Crippen LogP contribution in [-0.4, -0.2) is 73.3 Å². The molecule has 0 saturated carbocycles. The Morgan fingerprint density at radius 2 is 1.93 bits per heavy atom. The van der Waals surface area contributed by atoms with Crippen molar-refractivity contribution in [1.29, 1.82) is 5.26 Å². The van der Waals surface area contributed by atoms with Crippen LogP contribution in [0.2, 0.25) is 5.02 Å². The smallest absolute Gasteiger partial charge is 0.331 e. The summed E-state index contributed by atoms with van der Waals surface area (Å²) in [7, 11) is 2.15. The van der Waals surface area contributed by atoms with Crippen LogP contribution in [0.4, 0.5) is 27.5 Å². The maximum absolute atomic E-state index is 13.7. The van der Waals surface area contributed by atoms with Crippen LogP contribution in [0.25, 0.3) is 10.2 Å². The third-order valence-electron chi connectivity index (χ3n) is 7.89. The molecule has 13 heteroatoms. The van der Waals surface area contributed by atoms with Gasteiger partial charge in [0.2, 0.25) is 6.79 Å². The minimum absolute atomic E-state index is 0.0275. The number of ether oxygens (including phenoxy) is 2. The number of urea groups is 1. The van der Waals surface area contributed by atoms with Crippen LogP contribution in [0.1, 0.15) is 20.8 Å². The third kappa shape index (κ3) is 4.90. The van der Waals surface area contributed by atoms with Crippen molar-refractivity contribution < 1.29 is 19.1 Å². The lowest BCUT2D eigenvalue weighted by atomic mass is 10.1. The number of aromatic nitrogens is 1. The molecule has 3 aliphatic heterocycles. The second-order valence-corrected chi connectivity index (χ2v) is 12.0. The number of fused-ring (bicyclic) bond motifs is 1. The second kappa shape index (κ2) is 11.0. The number of hydrogen-bond acceptors (Lipinski definition) is 9. The molecule has 5 heterocycles. The van der Waals surface area contributed by atoms with Gasteiger partial charge in [-0.3, -0.25) is 9.69 Å². The number of nitriles is 1. The van der Waals surface area contributed by atoms with Crippen LogP contribution in [0.5, 0.6) is 11.5 Å². The SMILES string of the molecule is CN1CCN(CCc2ccc(NC(=O)c3sc4ncc(C#N)c5c4c3NC(=O)N5c3c(Cl)ccc4c3OCO4)cc2)CC1. The summed E-state index contributed by atoms with van der Waals surface area (Å²) < 4.78 is 11.1. The lowest BCUT2D eigenvalue weighted by molar-refractivity contribution is 0.103. The summed E-state index contributed by atoms with van der Waals surface area (Å²) in [5.74, 6) is 0.328. The van der Waals surface area contributed by atoms with Gasteiger partial charge in [-0.05, 0) is 43.3 Å². The molecular formula is C30H26ClN7O4S. The molecule has 2 aromatic heterocycles. The summed E-state index contributed by atoms with van der Waals surface area (Å²) in [6.45, 7) is 5.29. The monoisotopic (exact) mass is 615 g/mol. The predicted molar refractivity (Wildman–Crippen MR) is 165 cm³/mol. The number of benzene rings is 2. The van der Waals surface area contributed by atoms with Crippen molar-refractivity contribution in [3.05, 3.63) is 63.6 Å². The number of thiophene rings is 1. The number of likely N-dealkylation sites (N-methyl/N-ethyl adjacent to an activating group) is 1. The van der Waals surface area contributed by atoms with E-state index in [0.29, 0.717) is 33.1 Å². The fourth-order valence-electron chi connectivity index (χ4n) is 5.56. The Morgan fingerprint density at radius 3 is 2.70 bits per heavy atom. The summed E-state index contributed by atoms with van der Waals surface area (Å²) in [6, 6.07) is 12.6. The topological polar surface area (TPSA) is 123 Å². The van der Waals surface area contributed by atoms with E-state index in [9.17, 15) is 14.9 Å². The van der Waals surface area contributed by atoms with Crippen LogP contribution >= 0.6 is 22.9 Å². The molecule has 0 unspecified atom stereocenters. The Hall–Kier alpha value is -4.41. The van der Waals surface area contributed by atoms with Crippen LogP contribution in [-0.2, 0) is 6.42 Å². The quantitative estimate of drug-likeness (QED) is 0.301. The van der Waals surface area contributed by atoms with Crippen molar-refractivity contribution >= 4 is 67.8 Å². The highest BCUT2D eigenvalue weighted by atomic mass is 35.5. The number of carbonyl (C=O) groups is 2. The van der Waals surface area contributed by atoms with Gasteiger partial charge < -0.3 is 29.9 Å². The van der Waals surface area contributed by atoms with Crippen molar-refractivity contribution in [1.82, 2.24) is 14.8 Å². The number of amides is 3. The van der Waals surface area contributed by atoms with Gasteiger partial charge in [-0.2, -0.15) is 5.26 Å². The van der Waals surface area contributed by atoms with E-state index >= 15 is 0 Å². The normalized spacial score (nSPS) is 16.3. The molecule has 0 radical (unpaired) electrons. The Kier molecular flexibility index (Phi) is 7.03. The number of carbonyl (C=O) groups excluding carboxylic acids is 2. The summed E-state index contributed by atoms with van der Waals surface area (Å²) in [6.07, 6.45) is 2.32. The molecule has 0 bridgehead atoms. The van der Waals surface area contributed by atoms with Crippen molar-refractivity contribution in [3.63, 3.8) is 0 Å². The summed E-state index contributed by atoms with van der Waals surface area (Å²) in [4.78, 5) is 38.5. The summed E-state index contributed by atoms with van der Waals surface area (Å²) in [5, 5.41) is 16.5. The zero-order valence-electron chi connectivity index (χ0n) is 23.1. The highest BCUT2D eigenvalue weighted by Crippen LogP contribution is 2.53. The van der Waals surface area contributed by atoms with Crippen molar-refractivity contribution in [2.45, 2.75) is 6.42 Å². The lowest BCUT2D eigenvalue weighted by Crippen LogP contribution is -2.45. The molecule has 0 atom stereocenters. The first-order valence-corrected chi connectivity index (χ1v) is 15.0. The predicted octanol–water partition coefficient (Wildman–Crippen LogP) is 5.28. The molecule has 4 aromatic rings. The molecule has 1 fully saturated rings. The molecule has 7 rings (SSSR count). The van der Waals surface area contributed by atoms with Gasteiger partial charge in [0.05, 0.1) is 27.3 Å². The van der Waals surface area contributed by atoms with E-state index in [1.807, 2.05) is 24.3 Å². The number of nitrogens with zero attached hydrogens (tertiary/aromatic N) is 5. The van der Waals surface area contributed by atoms with Gasteiger partial charge in [-0.15, -0.1) is 11.3 Å². The van der Waals surface area contributed by atoms with E-state index in [2.05, 4.69) is 38.5 Å². The minimum atomic E-state index is -0.598. The molecule has 1 saturated heterocycles. The molecule has 2 N–H and O–H groups in total. The van der Waals surface area contributed by atoms with E-state index in [1.54, 1.807) is 12.1 Å². The molecule has 43 heavy (non-hydrogen) atoms. The Labute approximate surface area is 256 Å². The first kappa shape index (κ1) is 27.4.